The Morgan fingerprint density at radius 2 is 0.826 bits per heavy atom. The maximum absolute atomic E-state index is 13.6. The molecular weight excluding hydrogens is 1820 g/mol. The van der Waals surface area contributed by atoms with Gasteiger partial charge >= 0.3 is 0 Å². The Bertz CT molecular complexity index is 6770. The number of ether oxygens (including phenoxy) is 2. The third-order valence-corrected chi connectivity index (χ3v) is 32.5. The maximum Gasteiger partial charge on any atom is 0.260 e. The molecule has 3 saturated heterocycles. The quantitative estimate of drug-likeness (QED) is 0.0436. The predicted octanol–water partition coefficient (Wildman–Crippen LogP) is 13.0. The summed E-state index contributed by atoms with van der Waals surface area (Å²) in [6, 6.07) is 27.9. The number of rotatable bonds is 24. The van der Waals surface area contributed by atoms with Gasteiger partial charge in [0.05, 0.1) is 56.5 Å². The number of piperidine rings is 2. The van der Waals surface area contributed by atoms with Crippen molar-refractivity contribution in [3.8, 4) is 44.5 Å². The standard InChI is InChI=1S/C26H32ClN5O3S.C26H33N5O2S.C22H25ClN4O3S.C20H21ClN4O5S/c1-3-32-24-18(16-29-26(30-24)28-11-8-17-9-12-31(2)13-10-17)14-22(25(32)33)21-7-6-20(15-23(21)27)36(34,35)19-4-5-19;1-3-31-24-20(17-28-26(29-24)27-13-10-18-11-14-30(2)15-12-18)16-23(25(31)32)19-4-6-21(7-5-19)34(33)22-8-9-22;1-13-25-11-15-9-19(18-8-7-17(10-20(18)23)31(2,29)30)22(28)27(21(15)26-13)12-14-3-5-16(24)6-4-14;1-11-23-7-12-5-16(15-4-3-14(6-17(15)21)31(2,27)28)20(26)25(19(12)24-11)8-18-29-9-13(22)10-30-18/h6-7,14-17,19H,3-5,8-13H2,1-2H3,(H,28,29,30);4-7,16-18,22H,3,8-15H2,1-2H3,(H,27,28,29);7-11,14,16H,3-6,12,24H2,1-2H3;3-7,13,18H,8-10,22H2,1-2H3. The Labute approximate surface area is 784 Å². The van der Waals surface area contributed by atoms with Gasteiger partial charge in [0, 0.05) is 162 Å². The molecule has 0 radical (unpaired) electrons. The largest absolute Gasteiger partial charge is 0.354 e. The number of nitrogens with one attached hydrogen (secondary N) is 2. The zero-order valence-electron chi connectivity index (χ0n) is 75.1. The van der Waals surface area contributed by atoms with Crippen molar-refractivity contribution in [1.29, 1.82) is 0 Å². The lowest BCUT2D eigenvalue weighted by Crippen LogP contribution is -2.43. The van der Waals surface area contributed by atoms with Gasteiger partial charge in [0.15, 0.2) is 35.8 Å². The molecule has 38 heteroatoms. The minimum atomic E-state index is -3.44. The number of halogens is 3. The highest BCUT2D eigenvalue weighted by Gasteiger charge is 2.38. The Morgan fingerprint density at radius 3 is 1.23 bits per heavy atom. The highest BCUT2D eigenvalue weighted by atomic mass is 35.5. The molecule has 3 saturated carbocycles. The number of hydrogen-bond donors (Lipinski definition) is 4. The van der Waals surface area contributed by atoms with E-state index in [4.69, 9.17) is 60.7 Å². The molecule has 18 rings (SSSR count). The summed E-state index contributed by atoms with van der Waals surface area (Å²) in [5, 5.41) is 10.2. The molecule has 1 atom stereocenters. The van der Waals surface area contributed by atoms with Crippen molar-refractivity contribution >= 4 is 131 Å². The number of aryl methyl sites for hydroxylation is 4. The summed E-state index contributed by atoms with van der Waals surface area (Å²) in [7, 11) is -6.80. The van der Waals surface area contributed by atoms with Gasteiger partial charge in [-0.15, -0.1) is 0 Å². The van der Waals surface area contributed by atoms with Crippen molar-refractivity contribution in [2.45, 2.75) is 192 Å². The number of sulfone groups is 3. The first-order chi connectivity index (χ1) is 63.1. The van der Waals surface area contributed by atoms with Gasteiger partial charge in [0.2, 0.25) is 11.9 Å². The number of pyridine rings is 4. The molecule has 11 heterocycles. The van der Waals surface area contributed by atoms with Crippen LogP contribution >= 0.6 is 34.8 Å². The molecule has 6 N–H and O–H groups in total. The fraction of sp³-hybridized carbons (Fsp3) is 0.447. The molecule has 12 aromatic rings. The molecule has 700 valence electrons. The molecule has 6 aliphatic rings. The Morgan fingerprint density at radius 1 is 0.439 bits per heavy atom. The molecule has 0 amide bonds. The molecule has 8 aromatic heterocycles. The van der Waals surface area contributed by atoms with Crippen molar-refractivity contribution in [2.75, 3.05) is 89.7 Å². The van der Waals surface area contributed by atoms with Crippen LogP contribution in [-0.4, -0.2) is 205 Å². The molecular formula is C94H111Cl3N18O13S4. The van der Waals surface area contributed by atoms with E-state index in [1.807, 2.05) is 44.2 Å². The first-order valence-electron chi connectivity index (χ1n) is 44.8. The zero-order chi connectivity index (χ0) is 93.8. The topological polar surface area (TPSA) is 412 Å². The second kappa shape index (κ2) is 41.6. The van der Waals surface area contributed by atoms with Crippen LogP contribution in [0, 0.1) is 31.6 Å². The van der Waals surface area contributed by atoms with Gasteiger partial charge in [-0.05, 0) is 254 Å². The fourth-order valence-electron chi connectivity index (χ4n) is 17.2. The van der Waals surface area contributed by atoms with E-state index in [-0.39, 0.29) is 81.4 Å². The number of aromatic nitrogens is 12. The lowest BCUT2D eigenvalue weighted by molar-refractivity contribution is -0.191. The van der Waals surface area contributed by atoms with E-state index < -0.39 is 46.6 Å². The van der Waals surface area contributed by atoms with E-state index in [1.54, 1.807) is 88.7 Å². The van der Waals surface area contributed by atoms with Gasteiger partial charge in [-0.25, -0.2) is 55.2 Å². The van der Waals surface area contributed by atoms with Gasteiger partial charge in [-0.2, -0.15) is 9.97 Å². The van der Waals surface area contributed by atoms with E-state index in [1.165, 1.54) is 79.7 Å². The van der Waals surface area contributed by atoms with Crippen LogP contribution in [0.4, 0.5) is 11.9 Å². The van der Waals surface area contributed by atoms with Crippen LogP contribution in [0.1, 0.15) is 115 Å². The van der Waals surface area contributed by atoms with Crippen molar-refractivity contribution in [2.24, 2.45) is 29.2 Å². The molecule has 0 bridgehead atoms. The first kappa shape index (κ1) is 96.8. The molecule has 0 spiro atoms. The molecule has 1 unspecified atom stereocenters. The number of benzene rings is 4. The van der Waals surface area contributed by atoms with Crippen molar-refractivity contribution < 1.29 is 38.9 Å². The lowest BCUT2D eigenvalue weighted by atomic mass is 9.86. The lowest BCUT2D eigenvalue weighted by Gasteiger charge is -2.28. The minimum absolute atomic E-state index is 0.0676. The van der Waals surface area contributed by atoms with Crippen molar-refractivity contribution in [3.63, 3.8) is 0 Å². The first-order valence-corrected chi connectivity index (χ1v) is 52.4. The molecule has 3 aliphatic heterocycles. The summed E-state index contributed by atoms with van der Waals surface area (Å²) in [6.07, 6.45) is 22.7. The SMILES string of the molecule is CCn1c(=O)c(-c2ccc(S(=O)(=O)C3CC3)cc2Cl)cc2cnc(NCCC3CCN(C)CC3)nc21.CCn1c(=O)c(-c2ccc(S(=O)C3CC3)cc2)cc2cnc(NCCC3CCN(C)CC3)nc21.Cc1ncc2cc(-c3ccc(S(C)(=O)=O)cc3Cl)c(=O)n(CC3CCC(N)CC3)c2n1.Cc1ncc2cc(-c3ccc(S(C)(=O)=O)cc3Cl)c(=O)n(CC3OCC(N)CO3)c2n1. The Kier molecular flexibility index (Phi) is 30.5. The number of anilines is 2. The summed E-state index contributed by atoms with van der Waals surface area (Å²) in [6.45, 7) is 15.9. The monoisotopic (exact) mass is 1930 g/mol. The van der Waals surface area contributed by atoms with E-state index in [2.05, 4.69) is 69.4 Å². The summed E-state index contributed by atoms with van der Waals surface area (Å²) < 4.78 is 103. The van der Waals surface area contributed by atoms with E-state index in [0.29, 0.717) is 148 Å². The van der Waals surface area contributed by atoms with Crippen LogP contribution in [0.15, 0.2) is 167 Å². The number of hydrogen-bond acceptors (Lipinski definition) is 27. The number of nitrogens with zero attached hydrogens (tertiary/aromatic N) is 14. The highest BCUT2D eigenvalue weighted by molar-refractivity contribution is 7.92. The van der Waals surface area contributed by atoms with Gasteiger partial charge in [-0.3, -0.25) is 41.7 Å². The fourth-order valence-corrected chi connectivity index (χ4v) is 22.6. The van der Waals surface area contributed by atoms with E-state index >= 15 is 0 Å². The average Bonchev–Trinajstić information content (AvgIpc) is 1.77. The third kappa shape index (κ3) is 22.9. The second-order valence-corrected chi connectivity index (χ2v) is 44.5. The minimum Gasteiger partial charge on any atom is -0.354 e. The summed E-state index contributed by atoms with van der Waals surface area (Å²) >= 11 is 19.3. The van der Waals surface area contributed by atoms with Gasteiger partial charge < -0.3 is 41.4 Å². The van der Waals surface area contributed by atoms with Gasteiger partial charge in [0.1, 0.15) is 34.2 Å². The number of fused-ring (bicyclic) bond motifs is 4. The Hall–Kier alpha value is -9.73. The van der Waals surface area contributed by atoms with Gasteiger partial charge in [-0.1, -0.05) is 65.1 Å². The second-order valence-electron chi connectivity index (χ2n) is 35.3. The summed E-state index contributed by atoms with van der Waals surface area (Å²) in [4.78, 5) is 95.6. The molecule has 31 nitrogen and oxygen atoms in total. The molecule has 3 aliphatic carbocycles. The summed E-state index contributed by atoms with van der Waals surface area (Å²) in [5.74, 6) is 3.98. The third-order valence-electron chi connectivity index (χ3n) is 25.3. The predicted molar refractivity (Wildman–Crippen MR) is 519 cm³/mol. The van der Waals surface area contributed by atoms with Crippen LogP contribution in [-0.2, 0) is 76.0 Å². The van der Waals surface area contributed by atoms with Gasteiger partial charge in [0.25, 0.3) is 22.2 Å². The number of likely N-dealkylation sites (tertiary alicyclic amines) is 2. The Balaban J connectivity index is 0.000000135. The maximum atomic E-state index is 13.6. The van der Waals surface area contributed by atoms with Crippen LogP contribution in [0.5, 0.6) is 0 Å². The van der Waals surface area contributed by atoms with E-state index in [9.17, 15) is 48.6 Å². The smallest absolute Gasteiger partial charge is 0.260 e. The highest BCUT2D eigenvalue weighted by Crippen LogP contribution is 2.39. The normalized spacial score (nSPS) is 18.7. The zero-order valence-corrected chi connectivity index (χ0v) is 80.7. The molecule has 6 fully saturated rings. The van der Waals surface area contributed by atoms with Crippen LogP contribution in [0.25, 0.3) is 88.6 Å². The van der Waals surface area contributed by atoms with Crippen LogP contribution in [0.2, 0.25) is 15.1 Å². The van der Waals surface area contributed by atoms with Crippen molar-refractivity contribution in [1.82, 2.24) is 67.9 Å². The molecule has 132 heavy (non-hydrogen) atoms. The van der Waals surface area contributed by atoms with Crippen LogP contribution < -0.4 is 44.3 Å². The van der Waals surface area contributed by atoms with Crippen LogP contribution in [0.3, 0.4) is 0 Å². The van der Waals surface area contributed by atoms with E-state index in [0.717, 1.165) is 123 Å². The summed E-state index contributed by atoms with van der Waals surface area (Å²) in [5.41, 5.74) is 17.2. The number of nitrogens with two attached hydrogens (primary N) is 2. The average molecular weight is 1940 g/mol. The molecule has 4 aromatic carbocycles. The van der Waals surface area contributed by atoms with Crippen molar-refractivity contribution in [3.05, 3.63) is 196 Å².